The zero-order valence-corrected chi connectivity index (χ0v) is 14.6. The highest BCUT2D eigenvalue weighted by molar-refractivity contribution is 9.10. The van der Waals surface area contributed by atoms with Crippen LogP contribution in [0.2, 0.25) is 10.0 Å². The van der Waals surface area contributed by atoms with Crippen molar-refractivity contribution >= 4 is 49.2 Å². The van der Waals surface area contributed by atoms with Crippen LogP contribution >= 0.6 is 39.1 Å². The molecule has 20 heavy (non-hydrogen) atoms. The Morgan fingerprint density at radius 3 is 2.45 bits per heavy atom. The molecule has 1 aliphatic rings. The molecule has 0 amide bonds. The lowest BCUT2D eigenvalue weighted by Crippen LogP contribution is -2.40. The van der Waals surface area contributed by atoms with Crippen molar-refractivity contribution in [3.8, 4) is 0 Å². The Bertz CT molecular complexity index is 586. The van der Waals surface area contributed by atoms with Crippen molar-refractivity contribution < 1.29 is 13.2 Å². The van der Waals surface area contributed by atoms with Gasteiger partial charge in [0.15, 0.2) is 0 Å². The molecule has 1 aromatic carbocycles. The summed E-state index contributed by atoms with van der Waals surface area (Å²) in [6.07, 6.45) is 2.39. The van der Waals surface area contributed by atoms with Crippen LogP contribution in [0.5, 0.6) is 0 Å². The average Bonchev–Trinajstić information content (AvgIpc) is 2.73. The number of halogens is 3. The maximum atomic E-state index is 12.5. The minimum absolute atomic E-state index is 0.0869. The summed E-state index contributed by atoms with van der Waals surface area (Å²) in [6, 6.07) is 2.76. The van der Waals surface area contributed by atoms with E-state index in [9.17, 15) is 8.42 Å². The van der Waals surface area contributed by atoms with Gasteiger partial charge in [-0.2, -0.15) is 0 Å². The maximum absolute atomic E-state index is 12.5. The van der Waals surface area contributed by atoms with Gasteiger partial charge in [0.2, 0.25) is 10.0 Å². The van der Waals surface area contributed by atoms with Crippen molar-refractivity contribution in [3.05, 3.63) is 26.7 Å². The quantitative estimate of drug-likeness (QED) is 0.836. The Morgan fingerprint density at radius 2 is 1.90 bits per heavy atom. The highest BCUT2D eigenvalue weighted by atomic mass is 79.9. The van der Waals surface area contributed by atoms with E-state index in [1.165, 1.54) is 12.1 Å². The second-order valence-electron chi connectivity index (χ2n) is 4.63. The van der Waals surface area contributed by atoms with Crippen molar-refractivity contribution in [2.24, 2.45) is 0 Å². The smallest absolute Gasteiger partial charge is 0.243 e. The molecule has 1 saturated carbocycles. The molecule has 1 fully saturated rings. The third kappa shape index (κ3) is 3.48. The molecule has 0 bridgehead atoms. The predicted octanol–water partition coefficient (Wildman–Crippen LogP) is 3.60. The molecular formula is C12H14BrCl2NO3S. The van der Waals surface area contributed by atoms with E-state index in [2.05, 4.69) is 20.7 Å². The Hall–Kier alpha value is 0.150. The number of nitrogens with one attached hydrogen (secondary N) is 1. The normalized spacial score (nSPS) is 23.2. The van der Waals surface area contributed by atoms with E-state index in [0.717, 1.165) is 19.3 Å². The van der Waals surface area contributed by atoms with E-state index in [-0.39, 0.29) is 27.1 Å². The number of rotatable bonds is 4. The zero-order chi connectivity index (χ0) is 14.9. The number of sulfonamides is 1. The fourth-order valence-electron chi connectivity index (χ4n) is 2.39. The maximum Gasteiger partial charge on any atom is 0.243 e. The fraction of sp³-hybridized carbons (Fsp3) is 0.500. The van der Waals surface area contributed by atoms with E-state index >= 15 is 0 Å². The van der Waals surface area contributed by atoms with Crippen LogP contribution in [0.4, 0.5) is 0 Å². The molecule has 2 rings (SSSR count). The SMILES string of the molecule is COC1CCCC1NS(=O)(=O)c1c(Cl)cc(Br)cc1Cl. The topological polar surface area (TPSA) is 55.4 Å². The average molecular weight is 403 g/mol. The van der Waals surface area contributed by atoms with Crippen LogP contribution in [0.15, 0.2) is 21.5 Å². The summed E-state index contributed by atoms with van der Waals surface area (Å²) in [5.74, 6) is 0. The first kappa shape index (κ1) is 16.5. The van der Waals surface area contributed by atoms with Crippen LogP contribution in [-0.2, 0) is 14.8 Å². The van der Waals surface area contributed by atoms with Gasteiger partial charge in [0.05, 0.1) is 16.1 Å². The van der Waals surface area contributed by atoms with Crippen LogP contribution < -0.4 is 4.72 Å². The van der Waals surface area contributed by atoms with Gasteiger partial charge in [-0.3, -0.25) is 0 Å². The lowest BCUT2D eigenvalue weighted by atomic mass is 10.2. The number of ether oxygens (including phenoxy) is 1. The van der Waals surface area contributed by atoms with Gasteiger partial charge in [0, 0.05) is 17.6 Å². The molecule has 4 nitrogen and oxygen atoms in total. The van der Waals surface area contributed by atoms with Crippen molar-refractivity contribution in [2.45, 2.75) is 36.3 Å². The van der Waals surface area contributed by atoms with E-state index in [1.54, 1.807) is 7.11 Å². The Labute approximate surface area is 137 Å². The van der Waals surface area contributed by atoms with Crippen LogP contribution in [0.25, 0.3) is 0 Å². The second-order valence-corrected chi connectivity index (χ2v) is 8.01. The molecule has 112 valence electrons. The third-order valence-corrected chi connectivity index (χ3v) is 6.16. The minimum atomic E-state index is -3.78. The van der Waals surface area contributed by atoms with Crippen molar-refractivity contribution in [3.63, 3.8) is 0 Å². The summed E-state index contributed by atoms with van der Waals surface area (Å²) < 4.78 is 33.5. The molecule has 2 atom stereocenters. The minimum Gasteiger partial charge on any atom is -0.380 e. The summed E-state index contributed by atoms with van der Waals surface area (Å²) in [5.41, 5.74) is 0. The van der Waals surface area contributed by atoms with E-state index in [1.807, 2.05) is 0 Å². The first-order chi connectivity index (χ1) is 9.35. The molecular weight excluding hydrogens is 389 g/mol. The van der Waals surface area contributed by atoms with Gasteiger partial charge in [-0.05, 0) is 31.4 Å². The lowest BCUT2D eigenvalue weighted by Gasteiger charge is -2.20. The summed E-state index contributed by atoms with van der Waals surface area (Å²) in [7, 11) is -2.20. The van der Waals surface area contributed by atoms with Crippen molar-refractivity contribution in [1.29, 1.82) is 0 Å². The van der Waals surface area contributed by atoms with Gasteiger partial charge >= 0.3 is 0 Å². The molecule has 0 aliphatic heterocycles. The summed E-state index contributed by atoms with van der Waals surface area (Å²) in [6.45, 7) is 0. The lowest BCUT2D eigenvalue weighted by molar-refractivity contribution is 0.0916. The highest BCUT2D eigenvalue weighted by Crippen LogP contribution is 2.33. The molecule has 0 heterocycles. The van der Waals surface area contributed by atoms with Crippen molar-refractivity contribution in [1.82, 2.24) is 4.72 Å². The van der Waals surface area contributed by atoms with Gasteiger partial charge in [0.25, 0.3) is 0 Å². The zero-order valence-electron chi connectivity index (χ0n) is 10.7. The van der Waals surface area contributed by atoms with Gasteiger partial charge in [-0.25, -0.2) is 13.1 Å². The number of benzene rings is 1. The van der Waals surface area contributed by atoms with Gasteiger partial charge < -0.3 is 4.74 Å². The fourth-order valence-corrected chi connectivity index (χ4v) is 5.62. The number of methoxy groups -OCH3 is 1. The van der Waals surface area contributed by atoms with Gasteiger partial charge in [-0.15, -0.1) is 0 Å². The van der Waals surface area contributed by atoms with E-state index in [4.69, 9.17) is 27.9 Å². The van der Waals surface area contributed by atoms with Crippen LogP contribution in [0, 0.1) is 0 Å². The summed E-state index contributed by atoms with van der Waals surface area (Å²) in [4.78, 5) is -0.0919. The molecule has 8 heteroatoms. The first-order valence-corrected chi connectivity index (χ1v) is 9.08. The largest absolute Gasteiger partial charge is 0.380 e. The van der Waals surface area contributed by atoms with Crippen LogP contribution in [0.3, 0.4) is 0 Å². The molecule has 1 aliphatic carbocycles. The monoisotopic (exact) mass is 401 g/mol. The Morgan fingerprint density at radius 1 is 1.30 bits per heavy atom. The summed E-state index contributed by atoms with van der Waals surface area (Å²) in [5, 5.41) is 0.174. The Balaban J connectivity index is 2.32. The number of hydrogen-bond acceptors (Lipinski definition) is 3. The molecule has 2 unspecified atom stereocenters. The summed E-state index contributed by atoms with van der Waals surface area (Å²) >= 11 is 15.2. The van der Waals surface area contributed by atoms with Crippen LogP contribution in [0.1, 0.15) is 19.3 Å². The van der Waals surface area contributed by atoms with Gasteiger partial charge in [-0.1, -0.05) is 39.1 Å². The first-order valence-electron chi connectivity index (χ1n) is 6.05. The van der Waals surface area contributed by atoms with E-state index < -0.39 is 10.0 Å². The molecule has 0 aromatic heterocycles. The van der Waals surface area contributed by atoms with Crippen LogP contribution in [-0.4, -0.2) is 27.7 Å². The van der Waals surface area contributed by atoms with Crippen molar-refractivity contribution in [2.75, 3.05) is 7.11 Å². The third-order valence-electron chi connectivity index (χ3n) is 3.29. The molecule has 1 aromatic rings. The molecule has 0 saturated heterocycles. The molecule has 0 radical (unpaired) electrons. The molecule has 0 spiro atoms. The van der Waals surface area contributed by atoms with Gasteiger partial charge in [0.1, 0.15) is 4.90 Å². The number of hydrogen-bond donors (Lipinski definition) is 1. The second kappa shape index (κ2) is 6.50. The highest BCUT2D eigenvalue weighted by Gasteiger charge is 2.33. The Kier molecular flexibility index (Phi) is 5.37. The van der Waals surface area contributed by atoms with E-state index in [0.29, 0.717) is 4.47 Å². The predicted molar refractivity (Wildman–Crippen MR) is 82.9 cm³/mol. The standard InChI is InChI=1S/C12H14BrCl2NO3S/c1-19-11-4-2-3-10(11)16-20(17,18)12-8(14)5-7(13)6-9(12)15/h5-6,10-11,16H,2-4H2,1H3. The molecule has 1 N–H and O–H groups in total.